The van der Waals surface area contributed by atoms with E-state index < -0.39 is 16.1 Å². The average Bonchev–Trinajstić information content (AvgIpc) is 2.64. The van der Waals surface area contributed by atoms with E-state index in [1.54, 1.807) is 12.1 Å². The Balaban J connectivity index is 1.69. The fourth-order valence-electron chi connectivity index (χ4n) is 2.74. The van der Waals surface area contributed by atoms with E-state index in [4.69, 9.17) is 28.3 Å². The molecule has 1 amide bonds. The van der Waals surface area contributed by atoms with Crippen molar-refractivity contribution in [2.75, 3.05) is 36.4 Å². The van der Waals surface area contributed by atoms with Crippen LogP contribution in [0.3, 0.4) is 0 Å². The van der Waals surface area contributed by atoms with E-state index in [0.717, 1.165) is 0 Å². The molecule has 0 aliphatic carbocycles. The molecule has 1 fully saturated rings. The number of anilines is 2. The van der Waals surface area contributed by atoms with Crippen molar-refractivity contribution in [3.8, 4) is 0 Å². The van der Waals surface area contributed by atoms with E-state index in [1.165, 1.54) is 28.7 Å². The molecule has 8 nitrogen and oxygen atoms in total. The molecule has 0 atom stereocenters. The Bertz CT molecular complexity index is 945. The maximum Gasteiger partial charge on any atom is 0.409 e. The third-order valence-corrected chi connectivity index (χ3v) is 6.69. The predicted octanol–water partition coefficient (Wildman–Crippen LogP) is 2.99. The zero-order valence-corrected chi connectivity index (χ0v) is 16.3. The van der Waals surface area contributed by atoms with Gasteiger partial charge in [0.15, 0.2) is 0 Å². The molecule has 1 saturated heterocycles. The molecule has 11 heteroatoms. The molecule has 144 valence electrons. The molecule has 0 radical (unpaired) electrons. The number of rotatable bonds is 4. The second kappa shape index (κ2) is 7.89. The Morgan fingerprint density at radius 1 is 1.11 bits per heavy atom. The minimum Gasteiger partial charge on any atom is -0.465 e. The van der Waals surface area contributed by atoms with Crippen LogP contribution in [0.1, 0.15) is 0 Å². The molecule has 0 spiro atoms. The largest absolute Gasteiger partial charge is 0.465 e. The summed E-state index contributed by atoms with van der Waals surface area (Å²) in [4.78, 5) is 16.8. The lowest BCUT2D eigenvalue weighted by molar-refractivity contribution is 0.209. The Morgan fingerprint density at radius 3 is 2.41 bits per heavy atom. The average molecular weight is 431 g/mol. The number of hydrogen-bond donors (Lipinski definition) is 2. The summed E-state index contributed by atoms with van der Waals surface area (Å²) in [7, 11) is -3.75. The van der Waals surface area contributed by atoms with Gasteiger partial charge in [0.25, 0.3) is 0 Å². The Morgan fingerprint density at radius 2 is 1.81 bits per heavy atom. The molecule has 1 aliphatic rings. The number of nitrogens with one attached hydrogen (secondary N) is 1. The van der Waals surface area contributed by atoms with Crippen molar-refractivity contribution in [1.29, 1.82) is 0 Å². The smallest absolute Gasteiger partial charge is 0.409 e. The molecule has 2 N–H and O–H groups in total. The number of piperazine rings is 1. The Labute approximate surface area is 166 Å². The van der Waals surface area contributed by atoms with Gasteiger partial charge in [-0.15, -0.1) is 0 Å². The minimum absolute atomic E-state index is 0.00709. The quantitative estimate of drug-likeness (QED) is 0.772. The van der Waals surface area contributed by atoms with E-state index in [9.17, 15) is 13.2 Å². The summed E-state index contributed by atoms with van der Waals surface area (Å²) < 4.78 is 27.0. The summed E-state index contributed by atoms with van der Waals surface area (Å²) in [6.07, 6.45) is 0.251. The summed E-state index contributed by atoms with van der Waals surface area (Å²) in [6.45, 7) is 1.41. The number of carboxylic acid groups (broad SMARTS) is 1. The first-order valence-electron chi connectivity index (χ1n) is 7.93. The Hall–Kier alpha value is -2.07. The number of hydrogen-bond acceptors (Lipinski definition) is 5. The number of nitrogens with zero attached hydrogens (tertiary/aromatic N) is 3. The molecule has 2 aromatic rings. The SMILES string of the molecule is O=C(O)Nc1ccc(N2CCN(S(=O)(=O)c3cc(Cl)ccc3Cl)CC2)nc1. The van der Waals surface area contributed by atoms with Gasteiger partial charge in [-0.05, 0) is 30.3 Å². The lowest BCUT2D eigenvalue weighted by atomic mass is 10.3. The van der Waals surface area contributed by atoms with Crippen LogP contribution in [0.25, 0.3) is 0 Å². The van der Waals surface area contributed by atoms with Crippen LogP contribution < -0.4 is 10.2 Å². The first kappa shape index (κ1) is 19.7. The lowest BCUT2D eigenvalue weighted by Gasteiger charge is -2.34. The molecule has 3 rings (SSSR count). The predicted molar refractivity (Wildman–Crippen MR) is 103 cm³/mol. The van der Waals surface area contributed by atoms with Gasteiger partial charge in [-0.3, -0.25) is 5.32 Å². The van der Waals surface area contributed by atoms with Gasteiger partial charge in [0.2, 0.25) is 10.0 Å². The van der Waals surface area contributed by atoms with Gasteiger partial charge < -0.3 is 10.0 Å². The van der Waals surface area contributed by atoms with Crippen LogP contribution in [0.5, 0.6) is 0 Å². The highest BCUT2D eigenvalue weighted by atomic mass is 35.5. The van der Waals surface area contributed by atoms with E-state index >= 15 is 0 Å². The highest BCUT2D eigenvalue weighted by molar-refractivity contribution is 7.89. The summed E-state index contributed by atoms with van der Waals surface area (Å²) in [5.74, 6) is 0.642. The fraction of sp³-hybridized carbons (Fsp3) is 0.250. The highest BCUT2D eigenvalue weighted by Crippen LogP contribution is 2.28. The first-order chi connectivity index (χ1) is 12.8. The van der Waals surface area contributed by atoms with Crippen LogP contribution in [-0.2, 0) is 10.0 Å². The van der Waals surface area contributed by atoms with Gasteiger partial charge in [-0.2, -0.15) is 4.31 Å². The van der Waals surface area contributed by atoms with Crippen molar-refractivity contribution < 1.29 is 18.3 Å². The van der Waals surface area contributed by atoms with E-state index in [1.807, 2.05) is 4.90 Å². The summed E-state index contributed by atoms with van der Waals surface area (Å²) in [6, 6.07) is 7.63. The number of amides is 1. The standard InChI is InChI=1S/C16H16Cl2N4O4S/c17-11-1-3-13(18)14(9-11)27(25,26)22-7-5-21(6-8-22)15-4-2-12(10-19-15)20-16(23)24/h1-4,9-10,20H,5-8H2,(H,23,24). The second-order valence-electron chi connectivity index (χ2n) is 5.80. The number of sulfonamides is 1. The number of pyridine rings is 1. The number of benzene rings is 1. The number of carbonyl (C=O) groups is 1. The van der Waals surface area contributed by atoms with Crippen molar-refractivity contribution >= 4 is 50.8 Å². The molecular weight excluding hydrogens is 415 g/mol. The van der Waals surface area contributed by atoms with Crippen LogP contribution in [0.2, 0.25) is 10.0 Å². The molecule has 27 heavy (non-hydrogen) atoms. The second-order valence-corrected chi connectivity index (χ2v) is 8.55. The van der Waals surface area contributed by atoms with Crippen molar-refractivity contribution in [3.63, 3.8) is 0 Å². The normalized spacial score (nSPS) is 15.6. The summed E-state index contributed by atoms with van der Waals surface area (Å²) >= 11 is 12.0. The molecule has 1 aliphatic heterocycles. The fourth-order valence-corrected chi connectivity index (χ4v) is 4.90. The van der Waals surface area contributed by atoms with E-state index in [2.05, 4.69) is 10.3 Å². The van der Waals surface area contributed by atoms with Crippen molar-refractivity contribution in [1.82, 2.24) is 9.29 Å². The van der Waals surface area contributed by atoms with Crippen LogP contribution >= 0.6 is 23.2 Å². The van der Waals surface area contributed by atoms with Gasteiger partial charge >= 0.3 is 6.09 Å². The third-order valence-electron chi connectivity index (χ3n) is 4.07. The van der Waals surface area contributed by atoms with Crippen molar-refractivity contribution in [2.45, 2.75) is 4.90 Å². The molecule has 0 saturated carbocycles. The van der Waals surface area contributed by atoms with Crippen molar-refractivity contribution in [3.05, 3.63) is 46.6 Å². The van der Waals surface area contributed by atoms with Gasteiger partial charge in [0.1, 0.15) is 10.7 Å². The maximum absolute atomic E-state index is 12.8. The topological polar surface area (TPSA) is 103 Å². The number of halogens is 2. The van der Waals surface area contributed by atoms with E-state index in [-0.39, 0.29) is 23.0 Å². The molecule has 0 bridgehead atoms. The molecule has 1 aromatic carbocycles. The number of aromatic nitrogens is 1. The van der Waals surface area contributed by atoms with Gasteiger partial charge in [0, 0.05) is 31.2 Å². The van der Waals surface area contributed by atoms with Gasteiger partial charge in [-0.25, -0.2) is 18.2 Å². The zero-order valence-electron chi connectivity index (χ0n) is 14.0. The molecule has 2 heterocycles. The van der Waals surface area contributed by atoms with Crippen LogP contribution in [0.4, 0.5) is 16.3 Å². The van der Waals surface area contributed by atoms with Crippen molar-refractivity contribution in [2.24, 2.45) is 0 Å². The molecule has 0 unspecified atom stereocenters. The third kappa shape index (κ3) is 4.44. The Kier molecular flexibility index (Phi) is 5.75. The van der Waals surface area contributed by atoms with Gasteiger partial charge in [0.05, 0.1) is 16.9 Å². The van der Waals surface area contributed by atoms with Gasteiger partial charge in [-0.1, -0.05) is 23.2 Å². The maximum atomic E-state index is 12.8. The van der Waals surface area contributed by atoms with E-state index in [0.29, 0.717) is 29.6 Å². The first-order valence-corrected chi connectivity index (χ1v) is 10.1. The molecule has 1 aromatic heterocycles. The summed E-state index contributed by atoms with van der Waals surface area (Å²) in [5.41, 5.74) is 0.364. The van der Waals surface area contributed by atoms with Crippen LogP contribution in [-0.4, -0.2) is 55.1 Å². The summed E-state index contributed by atoms with van der Waals surface area (Å²) in [5, 5.41) is 11.3. The van der Waals surface area contributed by atoms with Crippen LogP contribution in [0.15, 0.2) is 41.4 Å². The molecular formula is C16H16Cl2N4O4S. The monoisotopic (exact) mass is 430 g/mol. The lowest BCUT2D eigenvalue weighted by Crippen LogP contribution is -2.49. The minimum atomic E-state index is -3.75. The highest BCUT2D eigenvalue weighted by Gasteiger charge is 2.30. The van der Waals surface area contributed by atoms with Crippen LogP contribution in [0, 0.1) is 0 Å². The zero-order chi connectivity index (χ0) is 19.6.